The average Bonchev–Trinajstić information content (AvgIpc) is 2.45. The van der Waals surface area contributed by atoms with Crippen LogP contribution in [-0.4, -0.2) is 4.90 Å². The molecule has 0 aliphatic heterocycles. The van der Waals surface area contributed by atoms with Crippen molar-refractivity contribution in [3.63, 3.8) is 0 Å². The number of rotatable bonds is 5. The molecule has 0 aliphatic rings. The van der Waals surface area contributed by atoms with Crippen LogP contribution in [0.15, 0.2) is 61.1 Å². The van der Waals surface area contributed by atoms with E-state index in [-0.39, 0.29) is 0 Å². The third kappa shape index (κ3) is 12.6. The average molecular weight is 249 g/mol. The molecule has 0 N–H and O–H groups in total. The molecule has 0 saturated heterocycles. The molecule has 0 aromatic carbocycles. The van der Waals surface area contributed by atoms with E-state index in [1.54, 1.807) is 6.20 Å². The standard InChI is InChI=1S/C13H19N.2C2H6/c1-6-11-14(8-3)13(5)10-9-12(4)7-2;2*1-2/h6-11H,3,5H2,1-2,4H3;2*1-2H3/b10-9-,11-6-,12-7-;;. The summed E-state index contributed by atoms with van der Waals surface area (Å²) in [6, 6.07) is 0. The number of nitrogens with zero attached hydrogens (tertiary/aromatic N) is 1. The highest BCUT2D eigenvalue weighted by molar-refractivity contribution is 5.25. The van der Waals surface area contributed by atoms with Gasteiger partial charge in [0, 0.05) is 18.1 Å². The van der Waals surface area contributed by atoms with Crippen LogP contribution in [-0.2, 0) is 0 Å². The zero-order chi connectivity index (χ0) is 15.0. The van der Waals surface area contributed by atoms with Crippen molar-refractivity contribution in [1.82, 2.24) is 4.90 Å². The monoisotopic (exact) mass is 249 g/mol. The molecule has 0 heterocycles. The fourth-order valence-corrected chi connectivity index (χ4v) is 0.844. The van der Waals surface area contributed by atoms with Crippen LogP contribution in [0, 0.1) is 0 Å². The highest BCUT2D eigenvalue weighted by atomic mass is 15.1. The number of hydrogen-bond donors (Lipinski definition) is 0. The van der Waals surface area contributed by atoms with Crippen molar-refractivity contribution < 1.29 is 0 Å². The van der Waals surface area contributed by atoms with E-state index in [1.165, 1.54) is 5.57 Å². The lowest BCUT2D eigenvalue weighted by atomic mass is 10.2. The first-order valence-corrected chi connectivity index (χ1v) is 6.69. The summed E-state index contributed by atoms with van der Waals surface area (Å²) in [6.07, 6.45) is 11.7. The van der Waals surface area contributed by atoms with Crippen molar-refractivity contribution in [2.24, 2.45) is 0 Å². The van der Waals surface area contributed by atoms with Gasteiger partial charge in [0.05, 0.1) is 0 Å². The highest BCUT2D eigenvalue weighted by Crippen LogP contribution is 2.06. The first-order valence-electron chi connectivity index (χ1n) is 6.69. The molecule has 0 atom stereocenters. The Kier molecular flexibility index (Phi) is 21.6. The Labute approximate surface area is 115 Å². The van der Waals surface area contributed by atoms with E-state index in [0.29, 0.717) is 0 Å². The first kappa shape index (κ1) is 21.8. The van der Waals surface area contributed by atoms with E-state index in [9.17, 15) is 0 Å². The molecule has 1 nitrogen and oxygen atoms in total. The van der Waals surface area contributed by atoms with Crippen molar-refractivity contribution >= 4 is 0 Å². The van der Waals surface area contributed by atoms with E-state index in [0.717, 1.165) is 5.70 Å². The van der Waals surface area contributed by atoms with Crippen molar-refractivity contribution in [3.8, 4) is 0 Å². The van der Waals surface area contributed by atoms with Crippen molar-refractivity contribution in [3.05, 3.63) is 61.1 Å². The van der Waals surface area contributed by atoms with Crippen molar-refractivity contribution in [2.75, 3.05) is 0 Å². The van der Waals surface area contributed by atoms with Gasteiger partial charge in [-0.25, -0.2) is 0 Å². The second-order valence-corrected chi connectivity index (χ2v) is 2.93. The van der Waals surface area contributed by atoms with Crippen LogP contribution in [0.3, 0.4) is 0 Å². The van der Waals surface area contributed by atoms with E-state index in [4.69, 9.17) is 0 Å². The Hall–Kier alpha value is -1.50. The predicted molar refractivity (Wildman–Crippen MR) is 87.3 cm³/mol. The fourth-order valence-electron chi connectivity index (χ4n) is 0.844. The fraction of sp³-hybridized carbons (Fsp3) is 0.412. The summed E-state index contributed by atoms with van der Waals surface area (Å²) in [5, 5.41) is 0. The molecule has 0 aromatic rings. The lowest BCUT2D eigenvalue weighted by Gasteiger charge is -2.14. The van der Waals surface area contributed by atoms with Crippen LogP contribution in [0.5, 0.6) is 0 Å². The lowest BCUT2D eigenvalue weighted by molar-refractivity contribution is 0.655. The lowest BCUT2D eigenvalue weighted by Crippen LogP contribution is -2.04. The van der Waals surface area contributed by atoms with Gasteiger partial charge in [0.25, 0.3) is 0 Å². The molecular weight excluding hydrogens is 218 g/mol. The van der Waals surface area contributed by atoms with Gasteiger partial charge < -0.3 is 4.90 Å². The summed E-state index contributed by atoms with van der Waals surface area (Å²) >= 11 is 0. The minimum atomic E-state index is 0.902. The van der Waals surface area contributed by atoms with Gasteiger partial charge in [-0.3, -0.25) is 0 Å². The second kappa shape index (κ2) is 17.9. The van der Waals surface area contributed by atoms with Gasteiger partial charge >= 0.3 is 0 Å². The van der Waals surface area contributed by atoms with Gasteiger partial charge in [-0.15, -0.1) is 0 Å². The largest absolute Gasteiger partial charge is 0.325 e. The SMILES string of the molecule is C=CN(/C=C\C)C(=C)/C=C\C(C)=C/C.CC.CC. The van der Waals surface area contributed by atoms with E-state index in [1.807, 2.05) is 70.9 Å². The zero-order valence-corrected chi connectivity index (χ0v) is 13.3. The van der Waals surface area contributed by atoms with Gasteiger partial charge in [-0.1, -0.05) is 64.7 Å². The molecule has 1 heteroatoms. The zero-order valence-electron chi connectivity index (χ0n) is 13.3. The maximum atomic E-state index is 3.94. The van der Waals surface area contributed by atoms with E-state index < -0.39 is 0 Å². The summed E-state index contributed by atoms with van der Waals surface area (Å²) in [5.74, 6) is 0. The first-order chi connectivity index (χ1) is 8.65. The maximum absolute atomic E-state index is 3.94. The van der Waals surface area contributed by atoms with Gasteiger partial charge in [-0.2, -0.15) is 0 Å². The molecule has 0 aliphatic carbocycles. The van der Waals surface area contributed by atoms with Gasteiger partial charge in [0.1, 0.15) is 0 Å². The van der Waals surface area contributed by atoms with Gasteiger partial charge in [0.15, 0.2) is 0 Å². The van der Waals surface area contributed by atoms with Crippen LogP contribution in [0.4, 0.5) is 0 Å². The summed E-state index contributed by atoms with van der Waals surface area (Å²) in [5.41, 5.74) is 2.12. The van der Waals surface area contributed by atoms with E-state index >= 15 is 0 Å². The van der Waals surface area contributed by atoms with Crippen LogP contribution >= 0.6 is 0 Å². The molecule has 18 heavy (non-hydrogen) atoms. The third-order valence-electron chi connectivity index (χ3n) is 1.83. The second-order valence-electron chi connectivity index (χ2n) is 2.93. The van der Waals surface area contributed by atoms with Gasteiger partial charge in [-0.05, 0) is 26.8 Å². The topological polar surface area (TPSA) is 3.24 Å². The Bertz CT molecular complexity index is 280. The minimum Gasteiger partial charge on any atom is -0.325 e. The molecule has 0 bridgehead atoms. The van der Waals surface area contributed by atoms with Crippen LogP contribution in [0.25, 0.3) is 0 Å². The van der Waals surface area contributed by atoms with E-state index in [2.05, 4.69) is 26.2 Å². The van der Waals surface area contributed by atoms with Crippen LogP contribution < -0.4 is 0 Å². The number of allylic oxidation sites excluding steroid dienone is 5. The summed E-state index contributed by atoms with van der Waals surface area (Å²) < 4.78 is 0. The predicted octanol–water partition coefficient (Wildman–Crippen LogP) is 6.05. The molecule has 0 unspecified atom stereocenters. The molecule has 104 valence electrons. The summed E-state index contributed by atoms with van der Waals surface area (Å²) in [7, 11) is 0. The summed E-state index contributed by atoms with van der Waals surface area (Å²) in [6.45, 7) is 21.7. The van der Waals surface area contributed by atoms with Crippen molar-refractivity contribution in [1.29, 1.82) is 0 Å². The molecule has 0 saturated carbocycles. The van der Waals surface area contributed by atoms with Crippen molar-refractivity contribution in [2.45, 2.75) is 48.5 Å². The van der Waals surface area contributed by atoms with Gasteiger partial charge in [0.2, 0.25) is 0 Å². The maximum Gasteiger partial charge on any atom is 0.0377 e. The van der Waals surface area contributed by atoms with Crippen LogP contribution in [0.2, 0.25) is 0 Å². The van der Waals surface area contributed by atoms with Crippen LogP contribution in [0.1, 0.15) is 48.5 Å². The Morgan fingerprint density at radius 3 is 1.83 bits per heavy atom. The normalized spacial score (nSPS) is 10.3. The number of hydrogen-bond acceptors (Lipinski definition) is 1. The Morgan fingerprint density at radius 2 is 1.50 bits per heavy atom. The third-order valence-corrected chi connectivity index (χ3v) is 1.83. The Balaban J connectivity index is -0.000000506. The summed E-state index contributed by atoms with van der Waals surface area (Å²) in [4.78, 5) is 1.87. The smallest absolute Gasteiger partial charge is 0.0377 e. The quantitative estimate of drug-likeness (QED) is 0.536. The molecule has 0 aromatic heterocycles. The molecule has 0 rings (SSSR count). The molecular formula is C17H31N. The molecule has 0 fully saturated rings. The Morgan fingerprint density at radius 1 is 1.00 bits per heavy atom. The molecule has 0 radical (unpaired) electrons. The minimum absolute atomic E-state index is 0.902. The highest BCUT2D eigenvalue weighted by Gasteiger charge is 1.93. The molecule has 0 spiro atoms. The molecule has 0 amide bonds.